The Kier molecular flexibility index (Phi) is 4.82. The van der Waals surface area contributed by atoms with E-state index in [1.54, 1.807) is 12.1 Å². The summed E-state index contributed by atoms with van der Waals surface area (Å²) in [5.74, 6) is 0.0706. The normalized spacial score (nSPS) is 15.5. The molecule has 5 nitrogen and oxygen atoms in total. The number of hydrogen-bond acceptors (Lipinski definition) is 3. The van der Waals surface area contributed by atoms with E-state index in [1.807, 2.05) is 60.0 Å². The predicted octanol–water partition coefficient (Wildman–Crippen LogP) is 5.87. The Morgan fingerprint density at radius 1 is 1.10 bits per heavy atom. The number of nitrogens with one attached hydrogen (secondary N) is 2. The lowest BCUT2D eigenvalue weighted by Gasteiger charge is -2.30. The first-order chi connectivity index (χ1) is 15.0. The van der Waals surface area contributed by atoms with E-state index in [4.69, 9.17) is 4.98 Å². The van der Waals surface area contributed by atoms with Gasteiger partial charge in [0.2, 0.25) is 5.95 Å². The summed E-state index contributed by atoms with van der Waals surface area (Å²) in [5, 5.41) is 6.19. The highest BCUT2D eigenvalue weighted by Gasteiger charge is 2.34. The van der Waals surface area contributed by atoms with Gasteiger partial charge in [-0.2, -0.15) is 0 Å². The van der Waals surface area contributed by atoms with Crippen molar-refractivity contribution >= 4 is 44.5 Å². The molecular weight excluding hydrogens is 459 g/mol. The lowest BCUT2D eigenvalue weighted by molar-refractivity contribution is -0.113. The maximum atomic E-state index is 13.5. The molecule has 0 saturated carbocycles. The van der Waals surface area contributed by atoms with E-state index in [9.17, 15) is 9.18 Å². The zero-order chi connectivity index (χ0) is 21.5. The zero-order valence-corrected chi connectivity index (χ0v) is 18.2. The van der Waals surface area contributed by atoms with Crippen LogP contribution in [0, 0.1) is 5.82 Å². The molecule has 1 aliphatic heterocycles. The molecule has 0 saturated heterocycles. The standard InChI is InChI=1S/C24H18BrFN4O/c1-14-21(23(31)28-18-11-9-17(26)10-12-18)22(15-5-4-6-16(25)13-15)30-20-8-3-2-7-19(20)29-24(30)27-14/h2-13,22H,1H3,(H,27,29)(H,28,31)/t22-/m1/s1. The molecule has 0 bridgehead atoms. The van der Waals surface area contributed by atoms with Crippen molar-refractivity contribution in [3.8, 4) is 0 Å². The Morgan fingerprint density at radius 2 is 1.87 bits per heavy atom. The first kappa shape index (κ1) is 19.5. The van der Waals surface area contributed by atoms with Crippen molar-refractivity contribution < 1.29 is 9.18 Å². The Bertz CT molecular complexity index is 1340. The summed E-state index contributed by atoms with van der Waals surface area (Å²) in [6, 6.07) is 21.1. The fourth-order valence-corrected chi connectivity index (χ4v) is 4.40. The van der Waals surface area contributed by atoms with Crippen molar-refractivity contribution in [3.05, 3.63) is 99.9 Å². The third kappa shape index (κ3) is 3.51. The molecule has 7 heteroatoms. The highest BCUT2D eigenvalue weighted by Crippen LogP contribution is 2.40. The van der Waals surface area contributed by atoms with Crippen LogP contribution in [0.25, 0.3) is 11.0 Å². The Morgan fingerprint density at radius 3 is 2.65 bits per heavy atom. The Hall–Kier alpha value is -3.45. The molecule has 0 spiro atoms. The summed E-state index contributed by atoms with van der Waals surface area (Å²) < 4.78 is 16.3. The molecule has 3 aromatic carbocycles. The molecule has 1 amide bonds. The molecule has 0 radical (unpaired) electrons. The SMILES string of the molecule is CC1=C(C(=O)Nc2ccc(F)cc2)[C@@H](c2cccc(Br)c2)n2c(nc3ccccc32)N1. The quantitative estimate of drug-likeness (QED) is 0.388. The number of aromatic nitrogens is 2. The van der Waals surface area contributed by atoms with Crippen molar-refractivity contribution in [3.63, 3.8) is 0 Å². The number of anilines is 2. The monoisotopic (exact) mass is 476 g/mol. The van der Waals surface area contributed by atoms with Gasteiger partial charge in [-0.1, -0.05) is 40.2 Å². The summed E-state index contributed by atoms with van der Waals surface area (Å²) in [5.41, 5.74) is 4.53. The van der Waals surface area contributed by atoms with Gasteiger partial charge in [0.25, 0.3) is 5.91 Å². The van der Waals surface area contributed by atoms with Crippen LogP contribution in [0.15, 0.2) is 88.5 Å². The fourth-order valence-electron chi connectivity index (χ4n) is 3.98. The summed E-state index contributed by atoms with van der Waals surface area (Å²) in [4.78, 5) is 18.2. The topological polar surface area (TPSA) is 59.0 Å². The molecule has 0 fully saturated rings. The van der Waals surface area contributed by atoms with Gasteiger partial charge in [-0.3, -0.25) is 9.36 Å². The average molecular weight is 477 g/mol. The van der Waals surface area contributed by atoms with Crippen molar-refractivity contribution in [1.29, 1.82) is 0 Å². The van der Waals surface area contributed by atoms with Gasteiger partial charge in [0.15, 0.2) is 0 Å². The minimum absolute atomic E-state index is 0.259. The number of carbonyl (C=O) groups excluding carboxylic acids is 1. The largest absolute Gasteiger partial charge is 0.329 e. The van der Waals surface area contributed by atoms with E-state index in [0.29, 0.717) is 22.9 Å². The molecule has 1 aromatic heterocycles. The second-order valence-corrected chi connectivity index (χ2v) is 8.29. The maximum absolute atomic E-state index is 13.5. The highest BCUT2D eigenvalue weighted by atomic mass is 79.9. The molecule has 2 heterocycles. The number of hydrogen-bond donors (Lipinski definition) is 2. The molecule has 1 atom stereocenters. The lowest BCUT2D eigenvalue weighted by atomic mass is 9.94. The molecule has 5 rings (SSSR count). The van der Waals surface area contributed by atoms with E-state index < -0.39 is 0 Å². The molecule has 31 heavy (non-hydrogen) atoms. The predicted molar refractivity (Wildman–Crippen MR) is 123 cm³/mol. The van der Waals surface area contributed by atoms with E-state index >= 15 is 0 Å². The summed E-state index contributed by atoms with van der Waals surface area (Å²) in [6.45, 7) is 1.87. The van der Waals surface area contributed by atoms with Crippen LogP contribution in [0.4, 0.5) is 16.0 Å². The Labute approximate surface area is 186 Å². The summed E-state index contributed by atoms with van der Waals surface area (Å²) in [6.07, 6.45) is 0. The van der Waals surface area contributed by atoms with Crippen molar-refractivity contribution in [2.24, 2.45) is 0 Å². The lowest BCUT2D eigenvalue weighted by Crippen LogP contribution is -2.30. The minimum atomic E-state index is -0.387. The van der Waals surface area contributed by atoms with E-state index in [0.717, 1.165) is 21.1 Å². The molecule has 4 aromatic rings. The number of amides is 1. The minimum Gasteiger partial charge on any atom is -0.329 e. The number of benzene rings is 3. The van der Waals surface area contributed by atoms with Crippen LogP contribution in [0.3, 0.4) is 0 Å². The van der Waals surface area contributed by atoms with Gasteiger partial charge in [-0.05, 0) is 61.0 Å². The van der Waals surface area contributed by atoms with E-state index in [-0.39, 0.29) is 17.8 Å². The van der Waals surface area contributed by atoms with Crippen molar-refractivity contribution in [2.45, 2.75) is 13.0 Å². The van der Waals surface area contributed by atoms with Crippen LogP contribution < -0.4 is 10.6 Å². The summed E-state index contributed by atoms with van der Waals surface area (Å²) in [7, 11) is 0. The number of nitrogens with zero attached hydrogens (tertiary/aromatic N) is 2. The van der Waals surface area contributed by atoms with E-state index in [1.165, 1.54) is 12.1 Å². The van der Waals surface area contributed by atoms with Gasteiger partial charge in [-0.25, -0.2) is 9.37 Å². The first-order valence-electron chi connectivity index (χ1n) is 9.78. The molecule has 0 unspecified atom stereocenters. The number of rotatable bonds is 3. The second-order valence-electron chi connectivity index (χ2n) is 7.38. The number of carbonyl (C=O) groups is 1. The van der Waals surface area contributed by atoms with Gasteiger partial charge in [0.05, 0.1) is 22.6 Å². The second kappa shape index (κ2) is 7.67. The van der Waals surface area contributed by atoms with Gasteiger partial charge in [0, 0.05) is 15.9 Å². The number of para-hydroxylation sites is 2. The molecular formula is C24H18BrFN4O. The van der Waals surface area contributed by atoms with E-state index in [2.05, 4.69) is 26.6 Å². The van der Waals surface area contributed by atoms with Crippen molar-refractivity contribution in [2.75, 3.05) is 10.6 Å². The van der Waals surface area contributed by atoms with Crippen LogP contribution in [-0.4, -0.2) is 15.5 Å². The van der Waals surface area contributed by atoms with Crippen LogP contribution in [0.2, 0.25) is 0 Å². The molecule has 1 aliphatic rings. The average Bonchev–Trinajstić information content (AvgIpc) is 3.12. The fraction of sp³-hybridized carbons (Fsp3) is 0.0833. The number of imidazole rings is 1. The molecule has 154 valence electrons. The van der Waals surface area contributed by atoms with Gasteiger partial charge in [0.1, 0.15) is 5.82 Å². The number of fused-ring (bicyclic) bond motifs is 3. The molecule has 2 N–H and O–H groups in total. The summed E-state index contributed by atoms with van der Waals surface area (Å²) >= 11 is 3.55. The molecule has 0 aliphatic carbocycles. The van der Waals surface area contributed by atoms with Crippen LogP contribution in [0.1, 0.15) is 18.5 Å². The smallest absolute Gasteiger partial charge is 0.255 e. The van der Waals surface area contributed by atoms with Crippen LogP contribution >= 0.6 is 15.9 Å². The number of allylic oxidation sites excluding steroid dienone is 1. The zero-order valence-electron chi connectivity index (χ0n) is 16.6. The maximum Gasteiger partial charge on any atom is 0.255 e. The third-order valence-corrected chi connectivity index (χ3v) is 5.84. The first-order valence-corrected chi connectivity index (χ1v) is 10.6. The third-order valence-electron chi connectivity index (χ3n) is 5.34. The van der Waals surface area contributed by atoms with Gasteiger partial charge < -0.3 is 10.6 Å². The highest BCUT2D eigenvalue weighted by molar-refractivity contribution is 9.10. The van der Waals surface area contributed by atoms with Crippen molar-refractivity contribution in [1.82, 2.24) is 9.55 Å². The van der Waals surface area contributed by atoms with Gasteiger partial charge in [-0.15, -0.1) is 0 Å². The Balaban J connectivity index is 1.66. The number of halogens is 2. The van der Waals surface area contributed by atoms with Gasteiger partial charge >= 0.3 is 0 Å². The van der Waals surface area contributed by atoms with Crippen LogP contribution in [0.5, 0.6) is 0 Å². The van der Waals surface area contributed by atoms with Crippen LogP contribution in [-0.2, 0) is 4.79 Å².